The van der Waals surface area contributed by atoms with Crippen LogP contribution in [-0.4, -0.2) is 68.0 Å². The first-order valence-electron chi connectivity index (χ1n) is 11.1. The molecular formula is C24H28ClIN4O5. The van der Waals surface area contributed by atoms with Crippen LogP contribution in [-0.2, 0) is 19.0 Å². The number of rotatable bonds is 15. The molecule has 0 saturated carbocycles. The Balaban J connectivity index is 1.66. The molecule has 2 N–H and O–H groups in total. The van der Waals surface area contributed by atoms with Crippen molar-refractivity contribution in [2.24, 2.45) is 0 Å². The van der Waals surface area contributed by atoms with Gasteiger partial charge in [0, 0.05) is 27.3 Å². The van der Waals surface area contributed by atoms with Gasteiger partial charge in [0.25, 0.3) is 0 Å². The number of aromatic nitrogens is 2. The van der Waals surface area contributed by atoms with Crippen LogP contribution in [0, 0.1) is 3.57 Å². The highest BCUT2D eigenvalue weighted by atomic mass is 127. The summed E-state index contributed by atoms with van der Waals surface area (Å²) < 4.78 is 23.2. The highest BCUT2D eigenvalue weighted by Crippen LogP contribution is 2.33. The van der Waals surface area contributed by atoms with E-state index in [0.29, 0.717) is 62.4 Å². The van der Waals surface area contributed by atoms with Gasteiger partial charge in [0.2, 0.25) is 5.91 Å². The third-order valence-electron chi connectivity index (χ3n) is 4.65. The summed E-state index contributed by atoms with van der Waals surface area (Å²) in [6, 6.07) is 11.5. The lowest BCUT2D eigenvalue weighted by Gasteiger charge is -2.15. The maximum absolute atomic E-state index is 12.0. The lowest BCUT2D eigenvalue weighted by Crippen LogP contribution is -2.15. The zero-order valence-corrected chi connectivity index (χ0v) is 22.3. The first kappa shape index (κ1) is 27.3. The fraction of sp³-hybridized carbons (Fsp3) is 0.375. The number of halogens is 2. The SMILES string of the molecule is CCOCCOCCOCCOc1cc2ncnc(Nc3cccc(I)c3)c2cc1NC(=O)CCl. The van der Waals surface area contributed by atoms with Crippen molar-refractivity contribution in [1.82, 2.24) is 9.97 Å². The average molecular weight is 615 g/mol. The molecule has 0 atom stereocenters. The van der Waals surface area contributed by atoms with Crippen LogP contribution >= 0.6 is 34.2 Å². The molecule has 0 radical (unpaired) electrons. The Morgan fingerprint density at radius 3 is 2.46 bits per heavy atom. The molecule has 0 aliphatic carbocycles. The largest absolute Gasteiger partial charge is 0.489 e. The van der Waals surface area contributed by atoms with Crippen LogP contribution < -0.4 is 15.4 Å². The Morgan fingerprint density at radius 2 is 1.74 bits per heavy atom. The van der Waals surface area contributed by atoms with Gasteiger partial charge < -0.3 is 29.6 Å². The molecule has 2 aromatic carbocycles. The first-order valence-corrected chi connectivity index (χ1v) is 12.7. The molecule has 0 saturated heterocycles. The summed E-state index contributed by atoms with van der Waals surface area (Å²) >= 11 is 7.96. The summed E-state index contributed by atoms with van der Waals surface area (Å²) in [5.74, 6) is 0.548. The van der Waals surface area contributed by atoms with Crippen LogP contribution in [0.3, 0.4) is 0 Å². The topological polar surface area (TPSA) is 104 Å². The Kier molecular flexibility index (Phi) is 11.7. The molecule has 0 unspecified atom stereocenters. The minimum Gasteiger partial charge on any atom is -0.489 e. The normalized spacial score (nSPS) is 10.9. The number of benzene rings is 2. The van der Waals surface area contributed by atoms with Crippen molar-refractivity contribution in [1.29, 1.82) is 0 Å². The van der Waals surface area contributed by atoms with Crippen molar-refractivity contribution >= 4 is 68.2 Å². The lowest BCUT2D eigenvalue weighted by molar-refractivity contribution is -0.113. The fourth-order valence-electron chi connectivity index (χ4n) is 3.08. The summed E-state index contributed by atoms with van der Waals surface area (Å²) in [6.45, 7) is 5.30. The monoisotopic (exact) mass is 614 g/mol. The number of amides is 1. The molecule has 1 aromatic heterocycles. The van der Waals surface area contributed by atoms with Gasteiger partial charge in [-0.1, -0.05) is 6.07 Å². The molecule has 0 spiro atoms. The van der Waals surface area contributed by atoms with Crippen LogP contribution in [0.2, 0.25) is 0 Å². The number of fused-ring (bicyclic) bond motifs is 1. The summed E-state index contributed by atoms with van der Waals surface area (Å²) in [5, 5.41) is 6.83. The van der Waals surface area contributed by atoms with Gasteiger partial charge in [0.05, 0.1) is 44.2 Å². The molecule has 0 aliphatic heterocycles. The molecule has 0 fully saturated rings. The third-order valence-corrected chi connectivity index (χ3v) is 5.57. The van der Waals surface area contributed by atoms with Gasteiger partial charge in [-0.15, -0.1) is 11.6 Å². The Hall–Kier alpha value is -2.25. The van der Waals surface area contributed by atoms with E-state index in [2.05, 4.69) is 43.2 Å². The van der Waals surface area contributed by atoms with E-state index in [0.717, 1.165) is 14.6 Å². The Bertz CT molecular complexity index is 1100. The second kappa shape index (κ2) is 15.0. The van der Waals surface area contributed by atoms with E-state index in [4.69, 9.17) is 30.5 Å². The van der Waals surface area contributed by atoms with Gasteiger partial charge in [-0.2, -0.15) is 0 Å². The van der Waals surface area contributed by atoms with Crippen molar-refractivity contribution in [3.63, 3.8) is 0 Å². The van der Waals surface area contributed by atoms with Gasteiger partial charge in [-0.25, -0.2) is 9.97 Å². The Labute approximate surface area is 223 Å². The zero-order valence-electron chi connectivity index (χ0n) is 19.4. The molecule has 3 aromatic rings. The van der Waals surface area contributed by atoms with Crippen molar-refractivity contribution in [3.8, 4) is 5.75 Å². The van der Waals surface area contributed by atoms with Crippen LogP contribution in [0.15, 0.2) is 42.7 Å². The molecule has 3 rings (SSSR count). The van der Waals surface area contributed by atoms with E-state index in [1.54, 1.807) is 12.1 Å². The van der Waals surface area contributed by atoms with Crippen LogP contribution in [0.5, 0.6) is 5.75 Å². The maximum atomic E-state index is 12.0. The number of carbonyl (C=O) groups is 1. The highest BCUT2D eigenvalue weighted by Gasteiger charge is 2.14. The second-order valence-corrected chi connectivity index (χ2v) is 8.69. The maximum Gasteiger partial charge on any atom is 0.239 e. The number of ether oxygens (including phenoxy) is 4. The van der Waals surface area contributed by atoms with Crippen molar-refractivity contribution in [3.05, 3.63) is 46.3 Å². The molecule has 35 heavy (non-hydrogen) atoms. The molecule has 188 valence electrons. The number of nitrogens with zero attached hydrogens (tertiary/aromatic N) is 2. The second-order valence-electron chi connectivity index (χ2n) is 7.18. The quantitative estimate of drug-likeness (QED) is 0.145. The number of nitrogens with one attached hydrogen (secondary N) is 2. The van der Waals surface area contributed by atoms with E-state index in [1.807, 2.05) is 31.2 Å². The number of alkyl halides is 1. The fourth-order valence-corrected chi connectivity index (χ4v) is 3.69. The number of hydrogen-bond acceptors (Lipinski definition) is 8. The number of carbonyl (C=O) groups excluding carboxylic acids is 1. The molecule has 11 heteroatoms. The number of hydrogen-bond donors (Lipinski definition) is 2. The van der Waals surface area contributed by atoms with Gasteiger partial charge in [-0.3, -0.25) is 4.79 Å². The first-order chi connectivity index (χ1) is 17.1. The summed E-state index contributed by atoms with van der Waals surface area (Å²) in [6.07, 6.45) is 1.48. The van der Waals surface area contributed by atoms with E-state index in [9.17, 15) is 4.79 Å². The minimum absolute atomic E-state index is 0.178. The predicted octanol–water partition coefficient (Wildman–Crippen LogP) is 4.60. The van der Waals surface area contributed by atoms with Crippen LogP contribution in [0.4, 0.5) is 17.2 Å². The average Bonchev–Trinajstić information content (AvgIpc) is 2.85. The molecule has 0 aliphatic rings. The standard InChI is InChI=1S/C24H28ClIN4O5/c1-2-32-6-7-33-8-9-34-10-11-35-22-14-20-19(13-21(22)30-23(31)15-25)24(28-16-27-20)29-18-5-3-4-17(26)12-18/h3-5,12-14,16H,2,6-11,15H2,1H3,(H,30,31)(H,27,28,29). The van der Waals surface area contributed by atoms with E-state index < -0.39 is 0 Å². The van der Waals surface area contributed by atoms with Gasteiger partial charge >= 0.3 is 0 Å². The third kappa shape index (κ3) is 9.04. The molecule has 9 nitrogen and oxygen atoms in total. The van der Waals surface area contributed by atoms with Gasteiger partial charge in [-0.05, 0) is 53.8 Å². The lowest BCUT2D eigenvalue weighted by atomic mass is 10.2. The Morgan fingerprint density at radius 1 is 1.00 bits per heavy atom. The minimum atomic E-state index is -0.347. The van der Waals surface area contributed by atoms with Crippen molar-refractivity contribution in [2.75, 3.05) is 62.8 Å². The predicted molar refractivity (Wildman–Crippen MR) is 145 cm³/mol. The van der Waals surface area contributed by atoms with Gasteiger partial charge in [0.15, 0.2) is 0 Å². The van der Waals surface area contributed by atoms with E-state index in [-0.39, 0.29) is 18.4 Å². The van der Waals surface area contributed by atoms with Crippen molar-refractivity contribution < 1.29 is 23.7 Å². The smallest absolute Gasteiger partial charge is 0.239 e. The van der Waals surface area contributed by atoms with E-state index in [1.165, 1.54) is 6.33 Å². The molecule has 1 heterocycles. The molecule has 0 bridgehead atoms. The number of anilines is 3. The van der Waals surface area contributed by atoms with Crippen LogP contribution in [0.1, 0.15) is 6.92 Å². The van der Waals surface area contributed by atoms with E-state index >= 15 is 0 Å². The highest BCUT2D eigenvalue weighted by molar-refractivity contribution is 14.1. The summed E-state index contributed by atoms with van der Waals surface area (Å²) in [7, 11) is 0. The summed E-state index contributed by atoms with van der Waals surface area (Å²) in [5.41, 5.74) is 2.03. The molecular weight excluding hydrogens is 587 g/mol. The molecule has 1 amide bonds. The zero-order chi connectivity index (χ0) is 24.9. The summed E-state index contributed by atoms with van der Waals surface area (Å²) in [4.78, 5) is 20.8. The van der Waals surface area contributed by atoms with Crippen molar-refractivity contribution in [2.45, 2.75) is 6.92 Å². The van der Waals surface area contributed by atoms with Crippen LogP contribution in [0.25, 0.3) is 10.9 Å². The van der Waals surface area contributed by atoms with Gasteiger partial charge in [0.1, 0.15) is 30.4 Å².